The number of anilines is 1. The minimum Gasteiger partial charge on any atom is -0.494 e. The molecule has 9 heteroatoms. The first-order valence-electron chi connectivity index (χ1n) is 11.5. The number of halogens is 1. The quantitative estimate of drug-likeness (QED) is 0.387. The van der Waals surface area contributed by atoms with Crippen LogP contribution in [0.2, 0.25) is 0 Å². The van der Waals surface area contributed by atoms with Gasteiger partial charge in [-0.2, -0.15) is 0 Å². The maximum atomic E-state index is 14.8. The van der Waals surface area contributed by atoms with E-state index >= 15 is 0 Å². The molecule has 5 rings (SSSR count). The number of fused-ring (bicyclic) bond motifs is 1. The fourth-order valence-corrected chi connectivity index (χ4v) is 4.28. The zero-order valence-electron chi connectivity index (χ0n) is 19.6. The van der Waals surface area contributed by atoms with Gasteiger partial charge >= 0.3 is 0 Å². The molecule has 3 aromatic heterocycles. The summed E-state index contributed by atoms with van der Waals surface area (Å²) in [7, 11) is 0. The summed E-state index contributed by atoms with van der Waals surface area (Å²) < 4.78 is 25.8. The number of pyridine rings is 2. The number of nitrogens with one attached hydrogen (secondary N) is 1. The molecular weight excluding hydrogens is 449 g/mol. The van der Waals surface area contributed by atoms with Crippen molar-refractivity contribution in [2.75, 3.05) is 37.8 Å². The van der Waals surface area contributed by atoms with E-state index in [0.717, 1.165) is 18.9 Å². The average Bonchev–Trinajstić information content (AvgIpc) is 3.20. The third-order valence-electron chi connectivity index (χ3n) is 5.92. The Balaban J connectivity index is 1.51. The lowest BCUT2D eigenvalue weighted by molar-refractivity contribution is 0.122. The summed E-state index contributed by atoms with van der Waals surface area (Å²) in [4.78, 5) is 18.7. The number of rotatable bonds is 6. The van der Waals surface area contributed by atoms with Crippen LogP contribution in [-0.2, 0) is 4.74 Å². The number of ether oxygens (including phenoxy) is 2. The Kier molecular flexibility index (Phi) is 6.33. The molecule has 1 aliphatic heterocycles. The van der Waals surface area contributed by atoms with Gasteiger partial charge < -0.3 is 24.5 Å². The molecule has 180 valence electrons. The second kappa shape index (κ2) is 9.71. The summed E-state index contributed by atoms with van der Waals surface area (Å²) in [6, 6.07) is 10.3. The number of aromatic hydroxyl groups is 1. The molecule has 1 aromatic carbocycles. The lowest BCUT2D eigenvalue weighted by Gasteiger charge is -2.27. The topological polar surface area (TPSA) is 95.9 Å². The maximum absolute atomic E-state index is 14.8. The van der Waals surface area contributed by atoms with Gasteiger partial charge in [0.2, 0.25) is 0 Å². The van der Waals surface area contributed by atoms with Gasteiger partial charge in [0.25, 0.3) is 0 Å². The van der Waals surface area contributed by atoms with E-state index in [0.29, 0.717) is 59.1 Å². The predicted octanol–water partition coefficient (Wildman–Crippen LogP) is 4.85. The zero-order chi connectivity index (χ0) is 24.4. The Bertz CT molecular complexity index is 1380. The number of benzene rings is 1. The van der Waals surface area contributed by atoms with Crippen molar-refractivity contribution >= 4 is 28.1 Å². The van der Waals surface area contributed by atoms with E-state index in [1.165, 1.54) is 6.07 Å². The van der Waals surface area contributed by atoms with Crippen molar-refractivity contribution in [1.82, 2.24) is 15.0 Å². The fourth-order valence-electron chi connectivity index (χ4n) is 4.28. The van der Waals surface area contributed by atoms with Crippen molar-refractivity contribution in [2.24, 2.45) is 4.99 Å². The smallest absolute Gasteiger partial charge is 0.198 e. The zero-order valence-corrected chi connectivity index (χ0v) is 19.6. The van der Waals surface area contributed by atoms with Crippen LogP contribution in [0, 0.1) is 5.82 Å². The Morgan fingerprint density at radius 1 is 1.20 bits per heavy atom. The molecule has 0 atom stereocenters. The molecule has 2 N–H and O–H groups in total. The molecule has 0 unspecified atom stereocenters. The molecule has 0 aliphatic carbocycles. The highest BCUT2D eigenvalue weighted by atomic mass is 19.1. The number of hydrogen-bond donors (Lipinski definition) is 2. The highest BCUT2D eigenvalue weighted by molar-refractivity contribution is 6.13. The van der Waals surface area contributed by atoms with Crippen LogP contribution in [0.1, 0.15) is 19.4 Å². The van der Waals surface area contributed by atoms with Crippen molar-refractivity contribution in [1.29, 1.82) is 0 Å². The first kappa shape index (κ1) is 22.8. The van der Waals surface area contributed by atoms with E-state index in [1.54, 1.807) is 30.6 Å². The number of morpholine rings is 1. The van der Waals surface area contributed by atoms with E-state index in [4.69, 9.17) is 9.47 Å². The van der Waals surface area contributed by atoms with Crippen molar-refractivity contribution in [3.63, 3.8) is 0 Å². The molecule has 1 fully saturated rings. The second-order valence-corrected chi connectivity index (χ2v) is 8.18. The highest BCUT2D eigenvalue weighted by Gasteiger charge is 2.19. The normalized spacial score (nSPS) is 14.5. The highest BCUT2D eigenvalue weighted by Crippen LogP contribution is 2.36. The molecule has 35 heavy (non-hydrogen) atoms. The molecule has 0 spiro atoms. The second-order valence-electron chi connectivity index (χ2n) is 8.18. The number of nitrogens with zero attached hydrogens (tertiary/aromatic N) is 4. The summed E-state index contributed by atoms with van der Waals surface area (Å²) in [5.41, 5.74) is 3.07. The third kappa shape index (κ3) is 4.54. The van der Waals surface area contributed by atoms with Gasteiger partial charge in [0, 0.05) is 18.5 Å². The van der Waals surface area contributed by atoms with E-state index in [1.807, 2.05) is 26.0 Å². The van der Waals surface area contributed by atoms with Crippen LogP contribution in [0.5, 0.6) is 11.6 Å². The number of hydrogen-bond acceptors (Lipinski definition) is 7. The molecule has 1 saturated heterocycles. The van der Waals surface area contributed by atoms with Crippen LogP contribution in [0.3, 0.4) is 0 Å². The Morgan fingerprint density at radius 3 is 2.77 bits per heavy atom. The van der Waals surface area contributed by atoms with Gasteiger partial charge in [0.05, 0.1) is 66.0 Å². The summed E-state index contributed by atoms with van der Waals surface area (Å²) in [5.74, 6) is 0.834. The van der Waals surface area contributed by atoms with Gasteiger partial charge in [-0.05, 0) is 44.2 Å². The van der Waals surface area contributed by atoms with E-state index in [9.17, 15) is 9.50 Å². The van der Waals surface area contributed by atoms with E-state index in [2.05, 4.69) is 24.8 Å². The first-order valence-corrected chi connectivity index (χ1v) is 11.5. The lowest BCUT2D eigenvalue weighted by Crippen LogP contribution is -2.36. The standard InChI is InChI=1S/C26H26FN5O3/c1-3-35-22-6-4-5-19(27)25(22)20-13-18-21(15-28-20)31-26(33)24(18)16(2)30-17-7-8-23(29-14-17)32-9-11-34-12-10-32/h4-8,13-15,31,33H,3,9-12H2,1-2H3. The van der Waals surface area contributed by atoms with Gasteiger partial charge in [-0.25, -0.2) is 9.37 Å². The number of aromatic amines is 1. The maximum Gasteiger partial charge on any atom is 0.198 e. The van der Waals surface area contributed by atoms with Crippen LogP contribution in [-0.4, -0.2) is 58.7 Å². The van der Waals surface area contributed by atoms with Crippen LogP contribution in [0.25, 0.3) is 22.2 Å². The van der Waals surface area contributed by atoms with Crippen LogP contribution in [0.4, 0.5) is 15.9 Å². The van der Waals surface area contributed by atoms with Gasteiger partial charge in [0.15, 0.2) is 5.88 Å². The molecule has 0 saturated carbocycles. The summed E-state index contributed by atoms with van der Waals surface area (Å²) in [6.07, 6.45) is 3.28. The number of H-pyrrole nitrogens is 1. The third-order valence-corrected chi connectivity index (χ3v) is 5.92. The number of aromatic nitrogens is 3. The minimum atomic E-state index is -0.430. The van der Waals surface area contributed by atoms with Crippen molar-refractivity contribution < 1.29 is 19.0 Å². The summed E-state index contributed by atoms with van der Waals surface area (Å²) >= 11 is 0. The van der Waals surface area contributed by atoms with Crippen molar-refractivity contribution in [2.45, 2.75) is 13.8 Å². The largest absolute Gasteiger partial charge is 0.494 e. The first-order chi connectivity index (χ1) is 17.0. The molecule has 0 radical (unpaired) electrons. The van der Waals surface area contributed by atoms with Crippen molar-refractivity contribution in [3.05, 3.63) is 60.2 Å². The Morgan fingerprint density at radius 2 is 2.03 bits per heavy atom. The van der Waals surface area contributed by atoms with Crippen LogP contribution < -0.4 is 9.64 Å². The van der Waals surface area contributed by atoms with E-state index < -0.39 is 5.82 Å². The Hall–Kier alpha value is -3.98. The monoisotopic (exact) mass is 475 g/mol. The Labute approximate surface area is 202 Å². The average molecular weight is 476 g/mol. The molecule has 0 amide bonds. The summed E-state index contributed by atoms with van der Waals surface area (Å²) in [5, 5.41) is 11.3. The molecule has 4 aromatic rings. The van der Waals surface area contributed by atoms with Gasteiger partial charge in [0.1, 0.15) is 17.4 Å². The van der Waals surface area contributed by atoms with Gasteiger partial charge in [-0.15, -0.1) is 0 Å². The lowest BCUT2D eigenvalue weighted by atomic mass is 10.0. The van der Waals surface area contributed by atoms with Gasteiger partial charge in [-0.3, -0.25) is 9.98 Å². The number of aliphatic imine (C=N–C) groups is 1. The molecule has 8 nitrogen and oxygen atoms in total. The molecule has 4 heterocycles. The van der Waals surface area contributed by atoms with E-state index in [-0.39, 0.29) is 11.4 Å². The predicted molar refractivity (Wildman–Crippen MR) is 133 cm³/mol. The fraction of sp³-hybridized carbons (Fsp3) is 0.269. The molecule has 0 bridgehead atoms. The minimum absolute atomic E-state index is 0.0309. The van der Waals surface area contributed by atoms with Gasteiger partial charge in [-0.1, -0.05) is 6.07 Å². The van der Waals surface area contributed by atoms with Crippen LogP contribution >= 0.6 is 0 Å². The SMILES string of the molecule is CCOc1cccc(F)c1-c1cc2c(C(C)=Nc3ccc(N4CCOCC4)nc3)c(O)[nH]c2cn1. The molecule has 1 aliphatic rings. The van der Waals surface area contributed by atoms with Crippen LogP contribution in [0.15, 0.2) is 53.8 Å². The molecular formula is C26H26FN5O3. The van der Waals surface area contributed by atoms with Crippen molar-refractivity contribution in [3.8, 4) is 22.9 Å². The summed E-state index contributed by atoms with van der Waals surface area (Å²) in [6.45, 7) is 7.05.